The molecule has 1 aromatic carbocycles. The highest BCUT2D eigenvalue weighted by molar-refractivity contribution is 6.31. The quantitative estimate of drug-likeness (QED) is 0.831. The van der Waals surface area contributed by atoms with Crippen molar-refractivity contribution < 1.29 is 14.3 Å². The van der Waals surface area contributed by atoms with Crippen LogP contribution in [0.4, 0.5) is 0 Å². The highest BCUT2D eigenvalue weighted by Crippen LogP contribution is 2.28. The first-order valence-electron chi connectivity index (χ1n) is 5.76. The molecule has 2 rings (SSSR count). The van der Waals surface area contributed by atoms with Crippen molar-refractivity contribution in [2.75, 3.05) is 13.7 Å². The summed E-state index contributed by atoms with van der Waals surface area (Å²) in [4.78, 5) is 23.4. The Bertz CT molecular complexity index is 483. The van der Waals surface area contributed by atoms with Crippen molar-refractivity contribution in [1.82, 2.24) is 5.32 Å². The van der Waals surface area contributed by atoms with Crippen LogP contribution in [0.1, 0.15) is 23.2 Å². The number of Topliss-reactive ketones (excluding diaryl/α,β-unsaturated/α-hetero) is 1. The largest absolute Gasteiger partial charge is 0.496 e. The minimum absolute atomic E-state index is 0.0218. The lowest BCUT2D eigenvalue weighted by Crippen LogP contribution is -2.30. The zero-order chi connectivity index (χ0) is 13.1. The van der Waals surface area contributed by atoms with Crippen LogP contribution in [0.3, 0.4) is 0 Å². The summed E-state index contributed by atoms with van der Waals surface area (Å²) in [7, 11) is 1.49. The van der Waals surface area contributed by atoms with E-state index < -0.39 is 0 Å². The summed E-state index contributed by atoms with van der Waals surface area (Å²) in [6.45, 7) is -0.0218. The van der Waals surface area contributed by atoms with Crippen LogP contribution in [0.25, 0.3) is 0 Å². The van der Waals surface area contributed by atoms with E-state index in [1.54, 1.807) is 18.2 Å². The van der Waals surface area contributed by atoms with Gasteiger partial charge >= 0.3 is 0 Å². The topological polar surface area (TPSA) is 55.4 Å². The maximum Gasteiger partial charge on any atom is 0.223 e. The van der Waals surface area contributed by atoms with Crippen molar-refractivity contribution >= 4 is 23.3 Å². The van der Waals surface area contributed by atoms with Gasteiger partial charge in [0.15, 0.2) is 5.78 Å². The third-order valence-electron chi connectivity index (χ3n) is 2.83. The number of hydrogen-bond acceptors (Lipinski definition) is 3. The number of ketones is 1. The summed E-state index contributed by atoms with van der Waals surface area (Å²) in [5.74, 6) is 0.303. The fourth-order valence-corrected chi connectivity index (χ4v) is 1.82. The van der Waals surface area contributed by atoms with Gasteiger partial charge in [0.05, 0.1) is 19.2 Å². The molecule has 0 saturated heterocycles. The summed E-state index contributed by atoms with van der Waals surface area (Å²) >= 11 is 5.85. The standard InChI is InChI=1S/C13H14ClNO3/c1-18-12-5-4-9(14)6-10(12)11(16)7-15-13(17)8-2-3-8/h4-6,8H,2-3,7H2,1H3,(H,15,17). The first-order chi connectivity index (χ1) is 8.61. The second-order valence-corrected chi connectivity index (χ2v) is 4.70. The average molecular weight is 268 g/mol. The lowest BCUT2D eigenvalue weighted by Gasteiger charge is -2.08. The molecule has 1 aliphatic rings. The fraction of sp³-hybridized carbons (Fsp3) is 0.385. The molecule has 1 saturated carbocycles. The van der Waals surface area contributed by atoms with Crippen LogP contribution >= 0.6 is 11.6 Å². The zero-order valence-corrected chi connectivity index (χ0v) is 10.8. The number of carbonyl (C=O) groups is 2. The fourth-order valence-electron chi connectivity index (χ4n) is 1.65. The summed E-state index contributed by atoms with van der Waals surface area (Å²) in [6.07, 6.45) is 1.83. The molecule has 1 N–H and O–H groups in total. The van der Waals surface area contributed by atoms with E-state index in [-0.39, 0.29) is 24.2 Å². The SMILES string of the molecule is COc1ccc(Cl)cc1C(=O)CNC(=O)C1CC1. The molecule has 0 aliphatic heterocycles. The lowest BCUT2D eigenvalue weighted by atomic mass is 10.1. The Morgan fingerprint density at radius 2 is 2.17 bits per heavy atom. The number of hydrogen-bond donors (Lipinski definition) is 1. The van der Waals surface area contributed by atoms with Crippen LogP contribution in [0.5, 0.6) is 5.75 Å². The van der Waals surface area contributed by atoms with Crippen LogP contribution in [-0.4, -0.2) is 25.3 Å². The predicted octanol–water partition coefficient (Wildman–Crippen LogP) is 2.06. The van der Waals surface area contributed by atoms with Gasteiger partial charge in [-0.15, -0.1) is 0 Å². The van der Waals surface area contributed by atoms with Gasteiger partial charge in [-0.05, 0) is 31.0 Å². The van der Waals surface area contributed by atoms with E-state index in [0.717, 1.165) is 12.8 Å². The Balaban J connectivity index is 2.03. The van der Waals surface area contributed by atoms with Crippen LogP contribution in [0, 0.1) is 5.92 Å². The molecular formula is C13H14ClNO3. The van der Waals surface area contributed by atoms with Gasteiger partial charge in [0, 0.05) is 10.9 Å². The summed E-state index contributed by atoms with van der Waals surface area (Å²) in [5, 5.41) is 3.09. The molecular weight excluding hydrogens is 254 g/mol. The number of nitrogens with one attached hydrogen (secondary N) is 1. The predicted molar refractivity (Wildman–Crippen MR) is 68.1 cm³/mol. The molecule has 0 unspecified atom stereocenters. The van der Waals surface area contributed by atoms with Gasteiger partial charge in [-0.25, -0.2) is 0 Å². The van der Waals surface area contributed by atoms with E-state index in [1.807, 2.05) is 0 Å². The van der Waals surface area contributed by atoms with Gasteiger partial charge in [0.25, 0.3) is 0 Å². The summed E-state index contributed by atoms with van der Waals surface area (Å²) < 4.78 is 5.10. The lowest BCUT2D eigenvalue weighted by molar-refractivity contribution is -0.122. The zero-order valence-electron chi connectivity index (χ0n) is 10.0. The van der Waals surface area contributed by atoms with E-state index in [2.05, 4.69) is 5.32 Å². The van der Waals surface area contributed by atoms with E-state index >= 15 is 0 Å². The third-order valence-corrected chi connectivity index (χ3v) is 3.07. The Morgan fingerprint density at radius 1 is 1.44 bits per heavy atom. The van der Waals surface area contributed by atoms with E-state index in [1.165, 1.54) is 7.11 Å². The van der Waals surface area contributed by atoms with Gasteiger partial charge in [-0.3, -0.25) is 9.59 Å². The number of halogens is 1. The minimum Gasteiger partial charge on any atom is -0.496 e. The van der Waals surface area contributed by atoms with Gasteiger partial charge < -0.3 is 10.1 Å². The maximum atomic E-state index is 12.0. The first kappa shape index (κ1) is 12.9. The number of benzene rings is 1. The molecule has 1 aromatic rings. The van der Waals surface area contributed by atoms with Crippen molar-refractivity contribution in [3.05, 3.63) is 28.8 Å². The Hall–Kier alpha value is -1.55. The van der Waals surface area contributed by atoms with Crippen molar-refractivity contribution in [3.8, 4) is 5.75 Å². The van der Waals surface area contributed by atoms with Crippen molar-refractivity contribution in [2.45, 2.75) is 12.8 Å². The minimum atomic E-state index is -0.205. The Labute approximate surface area is 110 Å². The van der Waals surface area contributed by atoms with E-state index in [9.17, 15) is 9.59 Å². The molecule has 4 nitrogen and oxygen atoms in total. The molecule has 1 fully saturated rings. The molecule has 96 valence electrons. The van der Waals surface area contributed by atoms with E-state index in [0.29, 0.717) is 16.3 Å². The van der Waals surface area contributed by atoms with Crippen molar-refractivity contribution in [1.29, 1.82) is 0 Å². The van der Waals surface area contributed by atoms with Crippen molar-refractivity contribution in [2.24, 2.45) is 5.92 Å². The monoisotopic (exact) mass is 267 g/mol. The highest BCUT2D eigenvalue weighted by atomic mass is 35.5. The molecule has 1 amide bonds. The average Bonchev–Trinajstić information content (AvgIpc) is 3.19. The third kappa shape index (κ3) is 3.01. The molecule has 0 aromatic heterocycles. The Morgan fingerprint density at radius 3 is 2.78 bits per heavy atom. The number of ether oxygens (including phenoxy) is 1. The highest BCUT2D eigenvalue weighted by Gasteiger charge is 2.29. The van der Waals surface area contributed by atoms with Crippen molar-refractivity contribution in [3.63, 3.8) is 0 Å². The molecule has 0 bridgehead atoms. The summed E-state index contributed by atoms with van der Waals surface area (Å²) in [6, 6.07) is 4.84. The molecule has 18 heavy (non-hydrogen) atoms. The normalized spacial score (nSPS) is 14.1. The second-order valence-electron chi connectivity index (χ2n) is 4.26. The molecule has 0 spiro atoms. The van der Waals surface area contributed by atoms with Gasteiger partial charge in [0.2, 0.25) is 5.91 Å². The second kappa shape index (κ2) is 5.40. The molecule has 1 aliphatic carbocycles. The smallest absolute Gasteiger partial charge is 0.223 e. The number of amides is 1. The van der Waals surface area contributed by atoms with Crippen LogP contribution in [-0.2, 0) is 4.79 Å². The first-order valence-corrected chi connectivity index (χ1v) is 6.14. The Kier molecular flexibility index (Phi) is 3.87. The van der Waals surface area contributed by atoms with Crippen LogP contribution in [0.2, 0.25) is 5.02 Å². The number of rotatable bonds is 5. The maximum absolute atomic E-state index is 12.0. The number of carbonyl (C=O) groups excluding carboxylic acids is 2. The van der Waals surface area contributed by atoms with Gasteiger partial charge in [-0.2, -0.15) is 0 Å². The molecule has 5 heteroatoms. The van der Waals surface area contributed by atoms with Crippen LogP contribution in [0.15, 0.2) is 18.2 Å². The number of methoxy groups -OCH3 is 1. The summed E-state index contributed by atoms with van der Waals surface area (Å²) in [5.41, 5.74) is 0.390. The molecule has 0 radical (unpaired) electrons. The van der Waals surface area contributed by atoms with Gasteiger partial charge in [0.1, 0.15) is 5.75 Å². The van der Waals surface area contributed by atoms with Gasteiger partial charge in [-0.1, -0.05) is 11.6 Å². The van der Waals surface area contributed by atoms with Crippen LogP contribution < -0.4 is 10.1 Å². The van der Waals surface area contributed by atoms with E-state index in [4.69, 9.17) is 16.3 Å². The molecule has 0 atom stereocenters. The molecule has 0 heterocycles.